The molecule has 0 heterocycles. The molecule has 0 aliphatic heterocycles. The number of hydrogen-bond acceptors (Lipinski definition) is 3. The summed E-state index contributed by atoms with van der Waals surface area (Å²) in [6.07, 6.45) is 4.56. The molecule has 0 radical (unpaired) electrons. The molecule has 1 fully saturated rings. The summed E-state index contributed by atoms with van der Waals surface area (Å²) in [5.41, 5.74) is 8.64. The molecule has 2 rings (SSSR count). The molecule has 1 atom stereocenters. The molecule has 0 aromatic heterocycles. The first-order chi connectivity index (χ1) is 10.2. The lowest BCUT2D eigenvalue weighted by atomic mass is 9.73. The third-order valence-electron chi connectivity index (χ3n) is 4.84. The minimum atomic E-state index is 0.328. The van der Waals surface area contributed by atoms with Crippen molar-refractivity contribution < 1.29 is 9.84 Å². The number of benzene rings is 1. The van der Waals surface area contributed by atoms with Crippen LogP contribution >= 0.6 is 0 Å². The van der Waals surface area contributed by atoms with Gasteiger partial charge in [0.2, 0.25) is 0 Å². The third kappa shape index (κ3) is 3.98. The Hall–Kier alpha value is -1.06. The van der Waals surface area contributed by atoms with Gasteiger partial charge in [0.05, 0.1) is 6.61 Å². The highest BCUT2D eigenvalue weighted by molar-refractivity contribution is 5.40. The van der Waals surface area contributed by atoms with Crippen molar-refractivity contribution in [2.75, 3.05) is 19.8 Å². The lowest BCUT2D eigenvalue weighted by molar-refractivity contribution is 0.157. The van der Waals surface area contributed by atoms with E-state index in [0.29, 0.717) is 37.5 Å². The van der Waals surface area contributed by atoms with Crippen molar-refractivity contribution in [1.29, 1.82) is 0 Å². The summed E-state index contributed by atoms with van der Waals surface area (Å²) in [4.78, 5) is 0. The minimum Gasteiger partial charge on any atom is -0.494 e. The molecule has 1 aliphatic rings. The van der Waals surface area contributed by atoms with Crippen LogP contribution in [0.15, 0.2) is 18.2 Å². The van der Waals surface area contributed by atoms with Crippen LogP contribution in [0.5, 0.6) is 5.75 Å². The van der Waals surface area contributed by atoms with E-state index in [1.165, 1.54) is 11.1 Å². The van der Waals surface area contributed by atoms with Crippen molar-refractivity contribution in [2.24, 2.45) is 17.6 Å². The third-order valence-corrected chi connectivity index (χ3v) is 4.84. The van der Waals surface area contributed by atoms with Crippen molar-refractivity contribution in [2.45, 2.75) is 45.4 Å². The molecule has 0 spiro atoms. The van der Waals surface area contributed by atoms with Gasteiger partial charge >= 0.3 is 0 Å². The van der Waals surface area contributed by atoms with Crippen LogP contribution in [0, 0.1) is 18.8 Å². The summed E-state index contributed by atoms with van der Waals surface area (Å²) in [5, 5.41) is 9.30. The Labute approximate surface area is 128 Å². The normalized spacial score (nSPS) is 23.8. The Bertz CT molecular complexity index is 439. The molecular weight excluding hydrogens is 262 g/mol. The summed E-state index contributed by atoms with van der Waals surface area (Å²) in [6.45, 7) is 5.82. The van der Waals surface area contributed by atoms with Crippen molar-refractivity contribution in [1.82, 2.24) is 0 Å². The largest absolute Gasteiger partial charge is 0.494 e. The Morgan fingerprint density at radius 3 is 2.57 bits per heavy atom. The Morgan fingerprint density at radius 1 is 1.29 bits per heavy atom. The standard InChI is InChI=1S/C18H29NO2/c1-3-21-18-9-4-13(2)10-16(18)17(11-19)15-7-5-14(12-20)6-8-15/h4,9-10,14-15,17,20H,3,5-8,11-12,19H2,1-2H3. The zero-order valence-electron chi connectivity index (χ0n) is 13.3. The monoisotopic (exact) mass is 291 g/mol. The van der Waals surface area contributed by atoms with Crippen LogP contribution in [0.3, 0.4) is 0 Å². The topological polar surface area (TPSA) is 55.5 Å². The molecule has 0 amide bonds. The number of aliphatic hydroxyl groups is 1. The van der Waals surface area contributed by atoms with Gasteiger partial charge in [-0.25, -0.2) is 0 Å². The lowest BCUT2D eigenvalue weighted by Crippen LogP contribution is -2.27. The molecule has 0 saturated heterocycles. The fraction of sp³-hybridized carbons (Fsp3) is 0.667. The zero-order chi connectivity index (χ0) is 15.2. The second-order valence-corrected chi connectivity index (χ2v) is 6.28. The maximum Gasteiger partial charge on any atom is 0.122 e. The summed E-state index contributed by atoms with van der Waals surface area (Å²) < 4.78 is 5.81. The van der Waals surface area contributed by atoms with Crippen LogP contribution in [-0.2, 0) is 0 Å². The van der Waals surface area contributed by atoms with Crippen molar-refractivity contribution in [3.63, 3.8) is 0 Å². The number of aryl methyl sites for hydroxylation is 1. The van der Waals surface area contributed by atoms with Crippen LogP contribution in [0.25, 0.3) is 0 Å². The SMILES string of the molecule is CCOc1ccc(C)cc1C(CN)C1CCC(CO)CC1. The van der Waals surface area contributed by atoms with Crippen molar-refractivity contribution in [3.05, 3.63) is 29.3 Å². The maximum atomic E-state index is 9.30. The van der Waals surface area contributed by atoms with E-state index in [1.807, 2.05) is 6.92 Å². The summed E-state index contributed by atoms with van der Waals surface area (Å²) in [6, 6.07) is 6.42. The van der Waals surface area contributed by atoms with Crippen LogP contribution in [0.4, 0.5) is 0 Å². The Kier molecular flexibility index (Phi) is 6.07. The van der Waals surface area contributed by atoms with Gasteiger partial charge < -0.3 is 15.6 Å². The van der Waals surface area contributed by atoms with Crippen LogP contribution in [0.2, 0.25) is 0 Å². The molecule has 118 valence electrons. The van der Waals surface area contributed by atoms with Crippen LogP contribution in [0.1, 0.15) is 49.7 Å². The number of nitrogens with two attached hydrogens (primary N) is 1. The van der Waals surface area contributed by atoms with Gasteiger partial charge in [0.15, 0.2) is 0 Å². The predicted molar refractivity (Wildman–Crippen MR) is 86.7 cm³/mol. The molecule has 1 unspecified atom stereocenters. The molecule has 3 heteroatoms. The first kappa shape index (κ1) is 16.3. The highest BCUT2D eigenvalue weighted by Crippen LogP contribution is 2.40. The molecule has 0 bridgehead atoms. The van der Waals surface area contributed by atoms with Crippen LogP contribution in [-0.4, -0.2) is 24.9 Å². The van der Waals surface area contributed by atoms with Gasteiger partial charge in [-0.05, 0) is 69.5 Å². The van der Waals surface area contributed by atoms with Crippen LogP contribution < -0.4 is 10.5 Å². The number of aliphatic hydroxyl groups excluding tert-OH is 1. The van der Waals surface area contributed by atoms with E-state index >= 15 is 0 Å². The fourth-order valence-corrected chi connectivity index (χ4v) is 3.59. The average molecular weight is 291 g/mol. The molecular formula is C18H29NO2. The van der Waals surface area contributed by atoms with E-state index in [1.54, 1.807) is 0 Å². The second kappa shape index (κ2) is 7.81. The van der Waals surface area contributed by atoms with E-state index in [9.17, 15) is 5.11 Å². The fourth-order valence-electron chi connectivity index (χ4n) is 3.59. The molecule has 21 heavy (non-hydrogen) atoms. The van der Waals surface area contributed by atoms with Gasteiger partial charge in [0, 0.05) is 12.5 Å². The quantitative estimate of drug-likeness (QED) is 0.846. The first-order valence-corrected chi connectivity index (χ1v) is 8.23. The summed E-state index contributed by atoms with van der Waals surface area (Å²) >= 11 is 0. The molecule has 1 saturated carbocycles. The number of ether oxygens (including phenoxy) is 1. The average Bonchev–Trinajstić information content (AvgIpc) is 2.51. The summed E-state index contributed by atoms with van der Waals surface area (Å²) in [5.74, 6) is 2.45. The minimum absolute atomic E-state index is 0.328. The summed E-state index contributed by atoms with van der Waals surface area (Å²) in [7, 11) is 0. The lowest BCUT2D eigenvalue weighted by Gasteiger charge is -2.33. The highest BCUT2D eigenvalue weighted by atomic mass is 16.5. The maximum absolute atomic E-state index is 9.30. The van der Waals surface area contributed by atoms with Gasteiger partial charge in [-0.15, -0.1) is 0 Å². The molecule has 1 aliphatic carbocycles. The van der Waals surface area contributed by atoms with Gasteiger partial charge in [-0.2, -0.15) is 0 Å². The first-order valence-electron chi connectivity index (χ1n) is 8.23. The van der Waals surface area contributed by atoms with Gasteiger partial charge in [-0.1, -0.05) is 17.7 Å². The van der Waals surface area contributed by atoms with E-state index in [-0.39, 0.29) is 0 Å². The van der Waals surface area contributed by atoms with E-state index in [2.05, 4.69) is 25.1 Å². The van der Waals surface area contributed by atoms with E-state index in [0.717, 1.165) is 31.4 Å². The predicted octanol–water partition coefficient (Wildman–Crippen LogP) is 3.23. The number of hydrogen-bond donors (Lipinski definition) is 2. The highest BCUT2D eigenvalue weighted by Gasteiger charge is 2.29. The van der Waals surface area contributed by atoms with Gasteiger partial charge in [-0.3, -0.25) is 0 Å². The van der Waals surface area contributed by atoms with E-state index < -0.39 is 0 Å². The van der Waals surface area contributed by atoms with Gasteiger partial charge in [0.25, 0.3) is 0 Å². The second-order valence-electron chi connectivity index (χ2n) is 6.28. The Balaban J connectivity index is 2.19. The molecule has 1 aromatic carbocycles. The zero-order valence-corrected chi connectivity index (χ0v) is 13.3. The van der Waals surface area contributed by atoms with Crippen molar-refractivity contribution >= 4 is 0 Å². The molecule has 3 N–H and O–H groups in total. The smallest absolute Gasteiger partial charge is 0.122 e. The van der Waals surface area contributed by atoms with Gasteiger partial charge in [0.1, 0.15) is 5.75 Å². The molecule has 3 nitrogen and oxygen atoms in total. The van der Waals surface area contributed by atoms with Crippen molar-refractivity contribution in [3.8, 4) is 5.75 Å². The van der Waals surface area contributed by atoms with E-state index in [4.69, 9.17) is 10.5 Å². The number of rotatable bonds is 6. The molecule has 1 aromatic rings. The Morgan fingerprint density at radius 2 is 2.00 bits per heavy atom.